The molecule has 0 aliphatic heterocycles. The Hall–Kier alpha value is -3.37. The van der Waals surface area contributed by atoms with E-state index in [1.807, 2.05) is 37.3 Å². The second-order valence-electron chi connectivity index (χ2n) is 8.10. The molecule has 1 unspecified atom stereocenters. The highest BCUT2D eigenvalue weighted by molar-refractivity contribution is 7.57. The molecule has 0 saturated carbocycles. The minimum Gasteiger partial charge on any atom is -0.431 e. The molecular formula is C24H28FN6O4P. The van der Waals surface area contributed by atoms with Crippen LogP contribution in [0.2, 0.25) is 0 Å². The minimum absolute atomic E-state index is 0.214. The van der Waals surface area contributed by atoms with Crippen LogP contribution in [0.25, 0.3) is 11.2 Å². The molecule has 0 fully saturated rings. The summed E-state index contributed by atoms with van der Waals surface area (Å²) in [5.74, 6) is 0.144. The van der Waals surface area contributed by atoms with Crippen LogP contribution in [-0.2, 0) is 27.2 Å². The van der Waals surface area contributed by atoms with E-state index < -0.39 is 13.3 Å². The normalized spacial score (nSPS) is 13.9. The van der Waals surface area contributed by atoms with Crippen LogP contribution < -0.4 is 15.3 Å². The Morgan fingerprint density at radius 1 is 1.11 bits per heavy atom. The Labute approximate surface area is 208 Å². The summed E-state index contributed by atoms with van der Waals surface area (Å²) in [5.41, 5.74) is 7.97. The van der Waals surface area contributed by atoms with Gasteiger partial charge in [-0.05, 0) is 36.8 Å². The predicted molar refractivity (Wildman–Crippen MR) is 134 cm³/mol. The topological polar surface area (TPSA) is 126 Å². The number of nitrogens with zero attached hydrogens (tertiary/aromatic N) is 4. The molecule has 190 valence electrons. The van der Waals surface area contributed by atoms with Gasteiger partial charge in [0.15, 0.2) is 11.5 Å². The van der Waals surface area contributed by atoms with E-state index in [0.717, 1.165) is 5.56 Å². The number of anilines is 1. The van der Waals surface area contributed by atoms with Crippen molar-refractivity contribution < 1.29 is 23.0 Å². The summed E-state index contributed by atoms with van der Waals surface area (Å²) in [7, 11) is -3.51. The summed E-state index contributed by atoms with van der Waals surface area (Å²) in [5, 5.41) is 2.93. The Kier molecular flexibility index (Phi) is 8.61. The van der Waals surface area contributed by atoms with E-state index >= 15 is 0 Å². The molecule has 4 rings (SSSR count). The number of halogens is 1. The van der Waals surface area contributed by atoms with Crippen LogP contribution in [0.4, 0.5) is 10.2 Å². The van der Waals surface area contributed by atoms with E-state index in [1.54, 1.807) is 10.9 Å². The Morgan fingerprint density at radius 2 is 1.89 bits per heavy atom. The first-order valence-electron chi connectivity index (χ1n) is 11.4. The minimum atomic E-state index is -3.51. The maximum atomic E-state index is 13.6. The first-order chi connectivity index (χ1) is 17.4. The average Bonchev–Trinajstić information content (AvgIpc) is 3.29. The monoisotopic (exact) mass is 514 g/mol. The molecule has 0 radical (unpaired) electrons. The molecule has 0 aliphatic carbocycles. The van der Waals surface area contributed by atoms with E-state index in [9.17, 15) is 8.96 Å². The number of nitrogen functional groups attached to an aromatic ring is 1. The van der Waals surface area contributed by atoms with Gasteiger partial charge in [0.2, 0.25) is 0 Å². The van der Waals surface area contributed by atoms with Crippen LogP contribution in [0.5, 0.6) is 5.75 Å². The Balaban J connectivity index is 1.35. The van der Waals surface area contributed by atoms with Gasteiger partial charge in [-0.2, -0.15) is 0 Å². The molecule has 36 heavy (non-hydrogen) atoms. The lowest BCUT2D eigenvalue weighted by Crippen LogP contribution is -2.25. The zero-order chi connectivity index (χ0) is 25.4. The molecule has 12 heteroatoms. The van der Waals surface area contributed by atoms with Gasteiger partial charge in [0, 0.05) is 6.54 Å². The summed E-state index contributed by atoms with van der Waals surface area (Å²) in [6.07, 6.45) is 2.40. The SMILES string of the molecule is C[C@H](Cn1cnc2c(N)ncnc21)OCP(=O)(NCCOCc1ccccc1)Oc1ccc(F)cc1. The molecule has 2 atom stereocenters. The first kappa shape index (κ1) is 25.7. The smallest absolute Gasteiger partial charge is 0.342 e. The van der Waals surface area contributed by atoms with Crippen molar-refractivity contribution in [3.63, 3.8) is 0 Å². The average molecular weight is 514 g/mol. The van der Waals surface area contributed by atoms with Crippen molar-refractivity contribution in [1.82, 2.24) is 24.6 Å². The van der Waals surface area contributed by atoms with Gasteiger partial charge < -0.3 is 24.3 Å². The number of rotatable bonds is 13. The molecule has 0 saturated heterocycles. The second kappa shape index (κ2) is 12.0. The van der Waals surface area contributed by atoms with Crippen molar-refractivity contribution in [3.05, 3.63) is 78.6 Å². The van der Waals surface area contributed by atoms with Crippen molar-refractivity contribution in [2.45, 2.75) is 26.2 Å². The third-order valence-corrected chi connectivity index (χ3v) is 6.89. The van der Waals surface area contributed by atoms with E-state index in [0.29, 0.717) is 36.7 Å². The van der Waals surface area contributed by atoms with Gasteiger partial charge in [0.05, 0.1) is 32.2 Å². The van der Waals surface area contributed by atoms with E-state index in [-0.39, 0.29) is 24.7 Å². The second-order valence-corrected chi connectivity index (χ2v) is 10.2. The molecule has 10 nitrogen and oxygen atoms in total. The van der Waals surface area contributed by atoms with Crippen LogP contribution >= 0.6 is 7.52 Å². The largest absolute Gasteiger partial charge is 0.431 e. The molecule has 2 aromatic heterocycles. The number of nitrogens with one attached hydrogen (secondary N) is 1. The van der Waals surface area contributed by atoms with E-state index in [2.05, 4.69) is 20.0 Å². The summed E-state index contributed by atoms with van der Waals surface area (Å²) in [4.78, 5) is 12.4. The summed E-state index contributed by atoms with van der Waals surface area (Å²) >= 11 is 0. The predicted octanol–water partition coefficient (Wildman–Crippen LogP) is 3.99. The standard InChI is InChI=1S/C24H28FN6O4P/c1-18(13-31-16-29-22-23(26)27-15-28-24(22)31)34-17-36(32,35-21-9-7-20(25)8-10-21)30-11-12-33-14-19-5-3-2-4-6-19/h2-10,15-16,18H,11-14,17H2,1H3,(H,30,32)(H2,26,27,28)/t18-,36?/m1/s1. The lowest BCUT2D eigenvalue weighted by Gasteiger charge is -2.23. The molecular weight excluding hydrogens is 486 g/mol. The zero-order valence-corrected chi connectivity index (χ0v) is 20.7. The zero-order valence-electron chi connectivity index (χ0n) is 19.8. The number of fused-ring (bicyclic) bond motifs is 1. The highest BCUT2D eigenvalue weighted by Crippen LogP contribution is 2.43. The van der Waals surface area contributed by atoms with Gasteiger partial charge in [-0.15, -0.1) is 0 Å². The van der Waals surface area contributed by atoms with Crippen molar-refractivity contribution in [1.29, 1.82) is 0 Å². The molecule has 0 bridgehead atoms. The van der Waals surface area contributed by atoms with Gasteiger partial charge in [0.25, 0.3) is 0 Å². The van der Waals surface area contributed by atoms with Crippen molar-refractivity contribution in [3.8, 4) is 5.75 Å². The number of hydrogen-bond acceptors (Lipinski definition) is 8. The van der Waals surface area contributed by atoms with Crippen LogP contribution in [-0.4, -0.2) is 45.1 Å². The Morgan fingerprint density at radius 3 is 2.67 bits per heavy atom. The molecule has 4 aromatic rings. The fraction of sp³-hybridized carbons (Fsp3) is 0.292. The molecule has 3 N–H and O–H groups in total. The summed E-state index contributed by atoms with van der Waals surface area (Å²) < 4.78 is 46.0. The van der Waals surface area contributed by atoms with Gasteiger partial charge in [-0.3, -0.25) is 4.57 Å². The van der Waals surface area contributed by atoms with Crippen molar-refractivity contribution in [2.24, 2.45) is 0 Å². The van der Waals surface area contributed by atoms with Crippen LogP contribution in [0.1, 0.15) is 12.5 Å². The molecule has 0 amide bonds. The number of nitrogens with two attached hydrogens (primary N) is 1. The van der Waals surface area contributed by atoms with Crippen molar-refractivity contribution in [2.75, 3.05) is 25.2 Å². The van der Waals surface area contributed by atoms with Crippen molar-refractivity contribution >= 4 is 24.5 Å². The quantitative estimate of drug-likeness (QED) is 0.201. The number of hydrogen-bond donors (Lipinski definition) is 2. The highest BCUT2D eigenvalue weighted by Gasteiger charge is 2.26. The van der Waals surface area contributed by atoms with Crippen LogP contribution in [0.15, 0.2) is 67.3 Å². The first-order valence-corrected chi connectivity index (χ1v) is 13.2. The lowest BCUT2D eigenvalue weighted by molar-refractivity contribution is 0.0815. The van der Waals surface area contributed by atoms with Crippen LogP contribution in [0.3, 0.4) is 0 Å². The molecule has 0 spiro atoms. The lowest BCUT2D eigenvalue weighted by atomic mass is 10.2. The molecule has 2 aromatic carbocycles. The summed E-state index contributed by atoms with van der Waals surface area (Å²) in [6.45, 7) is 3.24. The number of aromatic nitrogens is 4. The van der Waals surface area contributed by atoms with Gasteiger partial charge in [-0.1, -0.05) is 30.3 Å². The number of benzene rings is 2. The van der Waals surface area contributed by atoms with Crippen LogP contribution in [0, 0.1) is 5.82 Å². The van der Waals surface area contributed by atoms with E-state index in [4.69, 9.17) is 19.7 Å². The third-order valence-electron chi connectivity index (χ3n) is 5.19. The maximum absolute atomic E-state index is 13.6. The van der Waals surface area contributed by atoms with Gasteiger partial charge >= 0.3 is 7.52 Å². The Bertz CT molecular complexity index is 1310. The summed E-state index contributed by atoms with van der Waals surface area (Å²) in [6, 6.07) is 15.1. The highest BCUT2D eigenvalue weighted by atomic mass is 31.2. The third kappa shape index (κ3) is 7.08. The van der Waals surface area contributed by atoms with Gasteiger partial charge in [-0.25, -0.2) is 24.4 Å². The number of imidazole rings is 1. The maximum Gasteiger partial charge on any atom is 0.342 e. The number of ether oxygens (including phenoxy) is 2. The fourth-order valence-electron chi connectivity index (χ4n) is 3.41. The fourth-order valence-corrected chi connectivity index (χ4v) is 4.96. The van der Waals surface area contributed by atoms with Gasteiger partial charge in [0.1, 0.15) is 29.8 Å². The molecule has 0 aliphatic rings. The van der Waals surface area contributed by atoms with E-state index in [1.165, 1.54) is 30.6 Å². The molecule has 2 heterocycles.